The lowest BCUT2D eigenvalue weighted by Crippen LogP contribution is -2.14. The van der Waals surface area contributed by atoms with Gasteiger partial charge in [0.1, 0.15) is 0 Å². The molecule has 150 valence electrons. The number of amides is 1. The van der Waals surface area contributed by atoms with E-state index < -0.39 is 0 Å². The van der Waals surface area contributed by atoms with Gasteiger partial charge in [0.05, 0.1) is 24.5 Å². The third kappa shape index (κ3) is 4.24. The first-order valence-corrected chi connectivity index (χ1v) is 10.2. The van der Waals surface area contributed by atoms with Crippen LogP contribution in [0.5, 0.6) is 11.5 Å². The third-order valence-electron chi connectivity index (χ3n) is 5.73. The minimum Gasteiger partial charge on any atom is -0.493 e. The van der Waals surface area contributed by atoms with Gasteiger partial charge in [0.2, 0.25) is 0 Å². The van der Waals surface area contributed by atoms with E-state index in [9.17, 15) is 4.79 Å². The molecular weight excluding hydrogens is 364 g/mol. The minimum atomic E-state index is -0.252. The molecule has 29 heavy (non-hydrogen) atoms. The largest absolute Gasteiger partial charge is 0.493 e. The number of nitrogens with zero attached hydrogens (tertiary/aromatic N) is 2. The molecule has 1 fully saturated rings. The van der Waals surface area contributed by atoms with Crippen LogP contribution in [-0.4, -0.2) is 19.1 Å². The van der Waals surface area contributed by atoms with Gasteiger partial charge in [-0.15, -0.1) is 5.11 Å². The van der Waals surface area contributed by atoms with E-state index in [1.54, 1.807) is 7.11 Å². The Balaban J connectivity index is 1.71. The average Bonchev–Trinajstić information content (AvgIpc) is 3.37. The number of carbonyl (C=O) groups is 1. The first-order valence-electron chi connectivity index (χ1n) is 10.2. The first-order chi connectivity index (χ1) is 14.2. The lowest BCUT2D eigenvalue weighted by Gasteiger charge is -2.21. The molecule has 0 radical (unpaired) electrons. The lowest BCUT2D eigenvalue weighted by atomic mass is 9.84. The maximum Gasteiger partial charge on any atom is 0.293 e. The van der Waals surface area contributed by atoms with Gasteiger partial charge in [0.15, 0.2) is 11.5 Å². The monoisotopic (exact) mass is 390 g/mol. The number of methoxy groups -OCH3 is 1. The van der Waals surface area contributed by atoms with Crippen LogP contribution in [0, 0.1) is 0 Å². The maximum atomic E-state index is 12.5. The first kappa shape index (κ1) is 19.4. The van der Waals surface area contributed by atoms with Gasteiger partial charge in [-0.1, -0.05) is 36.4 Å². The van der Waals surface area contributed by atoms with Crippen LogP contribution >= 0.6 is 0 Å². The van der Waals surface area contributed by atoms with Gasteiger partial charge >= 0.3 is 0 Å². The van der Waals surface area contributed by atoms with Gasteiger partial charge in [-0.25, -0.2) is 0 Å². The molecule has 1 amide bonds. The Morgan fingerprint density at radius 3 is 2.45 bits per heavy atom. The van der Waals surface area contributed by atoms with E-state index in [1.807, 2.05) is 43.3 Å². The molecule has 1 aliphatic heterocycles. The van der Waals surface area contributed by atoms with Crippen molar-refractivity contribution in [3.63, 3.8) is 0 Å². The van der Waals surface area contributed by atoms with Gasteiger partial charge in [-0.05, 0) is 62.3 Å². The predicted octanol–water partition coefficient (Wildman–Crippen LogP) is 5.61. The molecule has 5 heteroatoms. The van der Waals surface area contributed by atoms with Crippen LogP contribution in [0.15, 0.2) is 70.0 Å². The second-order valence-corrected chi connectivity index (χ2v) is 7.68. The van der Waals surface area contributed by atoms with E-state index >= 15 is 0 Å². The van der Waals surface area contributed by atoms with Crippen LogP contribution < -0.4 is 9.47 Å². The van der Waals surface area contributed by atoms with E-state index in [-0.39, 0.29) is 17.9 Å². The van der Waals surface area contributed by atoms with Crippen molar-refractivity contribution in [2.24, 2.45) is 10.2 Å². The van der Waals surface area contributed by atoms with Crippen molar-refractivity contribution < 1.29 is 14.3 Å². The van der Waals surface area contributed by atoms with Gasteiger partial charge in [-0.3, -0.25) is 4.79 Å². The van der Waals surface area contributed by atoms with Crippen LogP contribution in [0.3, 0.4) is 0 Å². The number of allylic oxidation sites excluding steroid dienone is 1. The normalized spacial score (nSPS) is 17.8. The minimum absolute atomic E-state index is 0.142. The molecule has 0 aromatic heterocycles. The molecular formula is C24H26N2O3. The van der Waals surface area contributed by atoms with E-state index in [4.69, 9.17) is 9.47 Å². The summed E-state index contributed by atoms with van der Waals surface area (Å²) in [4.78, 5) is 12.5. The molecule has 5 nitrogen and oxygen atoms in total. The standard InChI is InChI=1S/C24H26N2O3/c1-16-23(24(27)26-25-16)20(14-17-8-4-3-5-9-17)18-12-13-21(28-2)22(15-18)29-19-10-6-7-11-19/h3-5,8-9,12-13,15,19-20H,6-7,10-11,14H2,1-2H3. The van der Waals surface area contributed by atoms with E-state index in [1.165, 1.54) is 12.8 Å². The number of hydrogen-bond donors (Lipinski definition) is 0. The molecule has 0 N–H and O–H groups in total. The van der Waals surface area contributed by atoms with Gasteiger partial charge in [0, 0.05) is 5.92 Å². The molecule has 2 aromatic rings. The van der Waals surface area contributed by atoms with Crippen molar-refractivity contribution in [1.29, 1.82) is 0 Å². The molecule has 2 aromatic carbocycles. The van der Waals surface area contributed by atoms with Crippen molar-refractivity contribution in [2.45, 2.75) is 51.0 Å². The number of benzene rings is 2. The van der Waals surface area contributed by atoms with Crippen molar-refractivity contribution in [2.75, 3.05) is 7.11 Å². The second-order valence-electron chi connectivity index (χ2n) is 7.68. The lowest BCUT2D eigenvalue weighted by molar-refractivity contribution is -0.114. The molecule has 1 aliphatic carbocycles. The van der Waals surface area contributed by atoms with Gasteiger partial charge < -0.3 is 9.47 Å². The number of rotatable bonds is 7. The van der Waals surface area contributed by atoms with Crippen LogP contribution in [0.25, 0.3) is 0 Å². The van der Waals surface area contributed by atoms with E-state index in [2.05, 4.69) is 22.4 Å². The Kier molecular flexibility index (Phi) is 5.74. The topological polar surface area (TPSA) is 60.2 Å². The van der Waals surface area contributed by atoms with Crippen molar-refractivity contribution >= 4 is 5.91 Å². The SMILES string of the molecule is COc1ccc(C(Cc2ccccc2)C2=C(C)N=NC2=O)cc1OC1CCCC1. The Morgan fingerprint density at radius 1 is 1.03 bits per heavy atom. The molecule has 2 aliphatic rings. The zero-order valence-electron chi connectivity index (χ0n) is 16.9. The highest BCUT2D eigenvalue weighted by Gasteiger charge is 2.30. The number of ether oxygens (including phenoxy) is 2. The summed E-state index contributed by atoms with van der Waals surface area (Å²) in [6.45, 7) is 1.85. The molecule has 1 unspecified atom stereocenters. The summed E-state index contributed by atoms with van der Waals surface area (Å²) in [6, 6.07) is 16.2. The molecule has 4 rings (SSSR count). The summed E-state index contributed by atoms with van der Waals surface area (Å²) >= 11 is 0. The number of hydrogen-bond acceptors (Lipinski definition) is 4. The van der Waals surface area contributed by atoms with Crippen molar-refractivity contribution in [3.8, 4) is 11.5 Å². The Bertz CT molecular complexity index is 944. The fourth-order valence-corrected chi connectivity index (χ4v) is 4.21. The zero-order valence-corrected chi connectivity index (χ0v) is 16.9. The average molecular weight is 390 g/mol. The molecule has 1 heterocycles. The van der Waals surface area contributed by atoms with Gasteiger partial charge in [-0.2, -0.15) is 5.11 Å². The highest BCUT2D eigenvalue weighted by molar-refractivity contribution is 5.97. The predicted molar refractivity (Wildman–Crippen MR) is 111 cm³/mol. The van der Waals surface area contributed by atoms with Crippen LogP contribution in [-0.2, 0) is 11.2 Å². The summed E-state index contributed by atoms with van der Waals surface area (Å²) in [6.07, 6.45) is 5.47. The fraction of sp³-hybridized carbons (Fsp3) is 0.375. The molecule has 0 saturated heterocycles. The summed E-state index contributed by atoms with van der Waals surface area (Å²) in [5.41, 5.74) is 3.51. The summed E-state index contributed by atoms with van der Waals surface area (Å²) < 4.78 is 11.8. The zero-order chi connectivity index (χ0) is 20.2. The molecule has 1 saturated carbocycles. The Hall–Kier alpha value is -2.95. The summed E-state index contributed by atoms with van der Waals surface area (Å²) in [5.74, 6) is 1.07. The van der Waals surface area contributed by atoms with Crippen molar-refractivity contribution in [1.82, 2.24) is 0 Å². The number of carbonyl (C=O) groups excluding carboxylic acids is 1. The van der Waals surface area contributed by atoms with Crippen LogP contribution in [0.1, 0.15) is 49.7 Å². The fourth-order valence-electron chi connectivity index (χ4n) is 4.21. The summed E-state index contributed by atoms with van der Waals surface area (Å²) in [7, 11) is 1.66. The highest BCUT2D eigenvalue weighted by atomic mass is 16.5. The maximum absolute atomic E-state index is 12.5. The second kappa shape index (κ2) is 8.60. The number of azo groups is 1. The van der Waals surface area contributed by atoms with Crippen LogP contribution in [0.4, 0.5) is 0 Å². The van der Waals surface area contributed by atoms with Gasteiger partial charge in [0.25, 0.3) is 5.91 Å². The van der Waals surface area contributed by atoms with Crippen molar-refractivity contribution in [3.05, 3.63) is 70.9 Å². The smallest absolute Gasteiger partial charge is 0.293 e. The Labute approximate surface area is 171 Å². The highest BCUT2D eigenvalue weighted by Crippen LogP contribution is 2.39. The van der Waals surface area contributed by atoms with E-state index in [0.717, 1.165) is 35.5 Å². The molecule has 1 atom stereocenters. The Morgan fingerprint density at radius 2 is 1.79 bits per heavy atom. The molecule has 0 spiro atoms. The third-order valence-corrected chi connectivity index (χ3v) is 5.73. The molecule has 0 bridgehead atoms. The van der Waals surface area contributed by atoms with Crippen LogP contribution in [0.2, 0.25) is 0 Å². The summed E-state index contributed by atoms with van der Waals surface area (Å²) in [5, 5.41) is 7.81. The quantitative estimate of drug-likeness (QED) is 0.617. The van der Waals surface area contributed by atoms with E-state index in [0.29, 0.717) is 17.7 Å².